The van der Waals surface area contributed by atoms with Gasteiger partial charge in [-0.3, -0.25) is 9.69 Å². The second kappa shape index (κ2) is 6.54. The highest BCUT2D eigenvalue weighted by atomic mass is 16.2. The van der Waals surface area contributed by atoms with Crippen LogP contribution in [-0.2, 0) is 4.79 Å². The van der Waals surface area contributed by atoms with Crippen molar-refractivity contribution in [2.75, 3.05) is 45.8 Å². The van der Waals surface area contributed by atoms with Crippen molar-refractivity contribution in [2.24, 2.45) is 5.41 Å². The Morgan fingerprint density at radius 3 is 2.24 bits per heavy atom. The molecule has 6 heteroatoms. The van der Waals surface area contributed by atoms with Crippen LogP contribution in [0.4, 0.5) is 4.79 Å². The van der Waals surface area contributed by atoms with Gasteiger partial charge in [0.05, 0.1) is 0 Å². The molecule has 25 heavy (non-hydrogen) atoms. The van der Waals surface area contributed by atoms with Gasteiger partial charge in [-0.2, -0.15) is 0 Å². The molecule has 4 aliphatic heterocycles. The fraction of sp³-hybridized carbons (Fsp3) is 0.895. The molecule has 0 aliphatic carbocycles. The number of fused-ring (bicyclic) bond motifs is 1. The first-order valence-electron chi connectivity index (χ1n) is 10.2. The van der Waals surface area contributed by atoms with Crippen LogP contribution in [0.5, 0.6) is 0 Å². The predicted molar refractivity (Wildman–Crippen MR) is 96.3 cm³/mol. The van der Waals surface area contributed by atoms with Crippen molar-refractivity contribution in [2.45, 2.75) is 58.0 Å². The summed E-state index contributed by atoms with van der Waals surface area (Å²) in [6, 6.07) is 0.510. The molecular formula is C19H32N4O2. The number of hydrogen-bond donors (Lipinski definition) is 0. The predicted octanol–water partition coefficient (Wildman–Crippen LogP) is 1.61. The second-order valence-electron chi connectivity index (χ2n) is 8.41. The molecule has 0 aromatic heterocycles. The highest BCUT2D eigenvalue weighted by Gasteiger charge is 2.56. The lowest BCUT2D eigenvalue weighted by atomic mass is 9.76. The Bertz CT molecular complexity index is 510. The number of nitrogens with zero attached hydrogens (tertiary/aromatic N) is 4. The Kier molecular flexibility index (Phi) is 4.52. The van der Waals surface area contributed by atoms with E-state index in [9.17, 15) is 9.59 Å². The van der Waals surface area contributed by atoms with Gasteiger partial charge in [-0.15, -0.1) is 0 Å². The number of urea groups is 1. The van der Waals surface area contributed by atoms with Crippen LogP contribution in [0.3, 0.4) is 0 Å². The lowest BCUT2D eigenvalue weighted by Crippen LogP contribution is -2.50. The summed E-state index contributed by atoms with van der Waals surface area (Å²) in [6.07, 6.45) is 5.74. The number of likely N-dealkylation sites (N-methyl/N-ethyl adjacent to an activating group) is 1. The molecule has 0 aromatic carbocycles. The molecule has 4 fully saturated rings. The number of carbonyl (C=O) groups is 2. The van der Waals surface area contributed by atoms with Crippen molar-refractivity contribution in [3.05, 3.63) is 0 Å². The lowest BCUT2D eigenvalue weighted by molar-refractivity contribution is -0.128. The number of amides is 3. The third kappa shape index (κ3) is 2.87. The molecule has 0 aromatic rings. The largest absolute Gasteiger partial charge is 0.327 e. The molecule has 1 unspecified atom stereocenters. The third-order valence-corrected chi connectivity index (χ3v) is 7.23. The average molecular weight is 348 g/mol. The van der Waals surface area contributed by atoms with Gasteiger partial charge in [0.2, 0.25) is 0 Å². The van der Waals surface area contributed by atoms with Crippen molar-refractivity contribution < 1.29 is 9.59 Å². The summed E-state index contributed by atoms with van der Waals surface area (Å²) in [5, 5.41) is 0. The Balaban J connectivity index is 1.34. The smallest absolute Gasteiger partial charge is 0.312 e. The number of imide groups is 1. The highest BCUT2D eigenvalue weighted by molar-refractivity contribution is 6.04. The summed E-state index contributed by atoms with van der Waals surface area (Å²) < 4.78 is 0. The van der Waals surface area contributed by atoms with Crippen LogP contribution in [0, 0.1) is 5.41 Å². The molecule has 4 rings (SSSR count). The van der Waals surface area contributed by atoms with Crippen molar-refractivity contribution in [3.63, 3.8) is 0 Å². The van der Waals surface area contributed by atoms with Gasteiger partial charge >= 0.3 is 6.03 Å². The van der Waals surface area contributed by atoms with Gasteiger partial charge < -0.3 is 14.7 Å². The van der Waals surface area contributed by atoms with E-state index in [4.69, 9.17) is 0 Å². The molecule has 4 aliphatic rings. The maximum Gasteiger partial charge on any atom is 0.327 e. The number of piperidine rings is 2. The number of rotatable bonds is 3. The van der Waals surface area contributed by atoms with Crippen molar-refractivity contribution in [3.8, 4) is 0 Å². The molecule has 4 saturated heterocycles. The third-order valence-electron chi connectivity index (χ3n) is 7.23. The summed E-state index contributed by atoms with van der Waals surface area (Å²) in [5.74, 6) is 0.0405. The highest BCUT2D eigenvalue weighted by Crippen LogP contribution is 2.46. The maximum atomic E-state index is 12.5. The fourth-order valence-corrected chi connectivity index (χ4v) is 5.52. The minimum atomic E-state index is -0.174. The van der Waals surface area contributed by atoms with E-state index >= 15 is 0 Å². The van der Waals surface area contributed by atoms with Crippen LogP contribution in [-0.4, -0.2) is 89.4 Å². The van der Waals surface area contributed by atoms with Crippen LogP contribution in [0.25, 0.3) is 0 Å². The monoisotopic (exact) mass is 348 g/mol. The Labute approximate surface area is 151 Å². The maximum absolute atomic E-state index is 12.5. The van der Waals surface area contributed by atoms with Gasteiger partial charge in [-0.1, -0.05) is 6.92 Å². The molecule has 1 spiro atoms. The van der Waals surface area contributed by atoms with Gasteiger partial charge in [0, 0.05) is 19.1 Å². The molecule has 140 valence electrons. The molecule has 0 N–H and O–H groups in total. The zero-order chi connectivity index (χ0) is 17.6. The minimum absolute atomic E-state index is 0.0405. The lowest BCUT2D eigenvalue weighted by Gasteiger charge is -2.45. The molecule has 1 atom stereocenters. The van der Waals surface area contributed by atoms with E-state index in [1.165, 1.54) is 37.4 Å². The molecule has 0 radical (unpaired) electrons. The number of hydrogen-bond acceptors (Lipinski definition) is 4. The normalized spacial score (nSPS) is 31.4. The zero-order valence-corrected chi connectivity index (χ0v) is 15.7. The van der Waals surface area contributed by atoms with Gasteiger partial charge in [-0.05, 0) is 77.2 Å². The first-order chi connectivity index (χ1) is 12.1. The second-order valence-corrected chi connectivity index (χ2v) is 8.41. The van der Waals surface area contributed by atoms with Crippen molar-refractivity contribution >= 4 is 11.9 Å². The number of likely N-dealkylation sites (tertiary alicyclic amines) is 2. The summed E-state index contributed by atoms with van der Waals surface area (Å²) in [6.45, 7) is 11.3. The van der Waals surface area contributed by atoms with Gasteiger partial charge in [0.1, 0.15) is 6.04 Å². The molecule has 0 bridgehead atoms. The summed E-state index contributed by atoms with van der Waals surface area (Å²) >= 11 is 0. The van der Waals surface area contributed by atoms with E-state index < -0.39 is 0 Å². The molecule has 0 saturated carbocycles. The van der Waals surface area contributed by atoms with Crippen LogP contribution in [0.2, 0.25) is 0 Å². The van der Waals surface area contributed by atoms with Crippen molar-refractivity contribution in [1.82, 2.24) is 19.6 Å². The van der Waals surface area contributed by atoms with E-state index in [1.807, 2.05) is 11.8 Å². The van der Waals surface area contributed by atoms with Crippen LogP contribution in [0.15, 0.2) is 0 Å². The topological polar surface area (TPSA) is 47.1 Å². The minimum Gasteiger partial charge on any atom is -0.312 e. The molecule has 3 amide bonds. The Morgan fingerprint density at radius 2 is 1.68 bits per heavy atom. The summed E-state index contributed by atoms with van der Waals surface area (Å²) in [4.78, 5) is 33.4. The Morgan fingerprint density at radius 1 is 1.00 bits per heavy atom. The van der Waals surface area contributed by atoms with Gasteiger partial charge in [0.25, 0.3) is 5.91 Å². The van der Waals surface area contributed by atoms with Crippen LogP contribution in [0.1, 0.15) is 46.0 Å². The SMILES string of the molecule is CCN1CCC(N2CCC3(CC2)CC2C(=O)N(CC)C(=O)N2C3)CC1. The molecule has 6 nitrogen and oxygen atoms in total. The Hall–Kier alpha value is -1.14. The van der Waals surface area contributed by atoms with Crippen molar-refractivity contribution in [1.29, 1.82) is 0 Å². The van der Waals surface area contributed by atoms with Crippen LogP contribution >= 0.6 is 0 Å². The van der Waals surface area contributed by atoms with E-state index in [0.29, 0.717) is 6.54 Å². The van der Waals surface area contributed by atoms with Gasteiger partial charge in [0.15, 0.2) is 0 Å². The zero-order valence-electron chi connectivity index (χ0n) is 15.7. The van der Waals surface area contributed by atoms with E-state index in [0.717, 1.165) is 44.9 Å². The average Bonchev–Trinajstić information content (AvgIpc) is 3.11. The first-order valence-corrected chi connectivity index (χ1v) is 10.2. The van der Waals surface area contributed by atoms with E-state index in [1.54, 1.807) is 0 Å². The summed E-state index contributed by atoms with van der Waals surface area (Å²) in [7, 11) is 0. The van der Waals surface area contributed by atoms with E-state index in [2.05, 4.69) is 16.7 Å². The van der Waals surface area contributed by atoms with E-state index in [-0.39, 0.29) is 23.4 Å². The van der Waals surface area contributed by atoms with Gasteiger partial charge in [-0.25, -0.2) is 4.79 Å². The summed E-state index contributed by atoms with van der Waals surface area (Å²) in [5.41, 5.74) is 0.191. The first kappa shape index (κ1) is 17.3. The molecular weight excluding hydrogens is 316 g/mol. The molecule has 4 heterocycles. The van der Waals surface area contributed by atoms with Crippen LogP contribution < -0.4 is 0 Å². The fourth-order valence-electron chi connectivity index (χ4n) is 5.52. The standard InChI is InChI=1S/C19H32N4O2/c1-3-20-9-5-15(6-10-20)21-11-7-19(8-12-21)13-16-17(24)22(4-2)18(25)23(16)14-19/h15-16H,3-14H2,1-2H3. The number of carbonyl (C=O) groups excluding carboxylic acids is 2. The quantitative estimate of drug-likeness (QED) is 0.727.